The largest absolute Gasteiger partial charge is 0.0949 e. The van der Waals surface area contributed by atoms with Crippen molar-refractivity contribution in [1.29, 1.82) is 0 Å². The summed E-state index contributed by atoms with van der Waals surface area (Å²) in [6.07, 6.45) is 0. The Balaban J connectivity index is 2.15. The second-order valence-electron chi connectivity index (χ2n) is 5.36. The molecular formula is C20H22. The third kappa shape index (κ3) is 3.08. The Hall–Kier alpha value is -2.08. The quantitative estimate of drug-likeness (QED) is 0.649. The SMILES string of the molecule is C=C(c1ccccc1)[C@@H](C)[C@H](C)C(=C)c1ccccc1. The zero-order valence-electron chi connectivity index (χ0n) is 12.3. The van der Waals surface area contributed by atoms with E-state index in [1.165, 1.54) is 22.3 Å². The number of hydrogen-bond donors (Lipinski definition) is 0. The number of hydrogen-bond acceptors (Lipinski definition) is 0. The molecule has 0 radical (unpaired) electrons. The lowest BCUT2D eigenvalue weighted by Crippen LogP contribution is -2.11. The lowest BCUT2D eigenvalue weighted by atomic mass is 9.80. The molecule has 0 aliphatic heterocycles. The molecular weight excluding hydrogens is 240 g/mol. The van der Waals surface area contributed by atoms with Gasteiger partial charge < -0.3 is 0 Å². The summed E-state index contributed by atoms with van der Waals surface area (Å²) in [4.78, 5) is 0. The highest BCUT2D eigenvalue weighted by atomic mass is 14.2. The Bertz CT molecular complexity index is 522. The first-order valence-corrected chi connectivity index (χ1v) is 7.09. The van der Waals surface area contributed by atoms with Gasteiger partial charge in [-0.2, -0.15) is 0 Å². The summed E-state index contributed by atoms with van der Waals surface area (Å²) in [5.41, 5.74) is 4.78. The molecule has 2 rings (SSSR count). The van der Waals surface area contributed by atoms with Crippen LogP contribution in [0.15, 0.2) is 73.8 Å². The summed E-state index contributed by atoms with van der Waals surface area (Å²) in [5.74, 6) is 0.732. The summed E-state index contributed by atoms with van der Waals surface area (Å²) in [6, 6.07) is 20.8. The average Bonchev–Trinajstić information content (AvgIpc) is 2.53. The van der Waals surface area contributed by atoms with Gasteiger partial charge >= 0.3 is 0 Å². The van der Waals surface area contributed by atoms with E-state index in [1.54, 1.807) is 0 Å². The van der Waals surface area contributed by atoms with E-state index in [0.717, 1.165) is 0 Å². The Labute approximate surface area is 122 Å². The molecule has 0 aliphatic carbocycles. The second-order valence-corrected chi connectivity index (χ2v) is 5.36. The van der Waals surface area contributed by atoms with Gasteiger partial charge in [0, 0.05) is 0 Å². The minimum Gasteiger partial charge on any atom is -0.0949 e. The molecule has 2 aromatic carbocycles. The van der Waals surface area contributed by atoms with Crippen molar-refractivity contribution in [2.45, 2.75) is 13.8 Å². The minimum atomic E-state index is 0.366. The first kappa shape index (κ1) is 14.3. The summed E-state index contributed by atoms with van der Waals surface area (Å²) in [7, 11) is 0. The topological polar surface area (TPSA) is 0 Å². The van der Waals surface area contributed by atoms with E-state index in [4.69, 9.17) is 0 Å². The fourth-order valence-electron chi connectivity index (χ4n) is 2.43. The normalized spacial score (nSPS) is 13.5. The van der Waals surface area contributed by atoms with Crippen molar-refractivity contribution in [1.82, 2.24) is 0 Å². The average molecular weight is 262 g/mol. The van der Waals surface area contributed by atoms with Crippen molar-refractivity contribution in [3.8, 4) is 0 Å². The smallest absolute Gasteiger partial charge is 0.0124 e. The van der Waals surface area contributed by atoms with E-state index in [9.17, 15) is 0 Å². The van der Waals surface area contributed by atoms with Crippen LogP contribution < -0.4 is 0 Å². The van der Waals surface area contributed by atoms with Gasteiger partial charge in [0.15, 0.2) is 0 Å². The Morgan fingerprint density at radius 3 is 1.25 bits per heavy atom. The van der Waals surface area contributed by atoms with Gasteiger partial charge in [0.1, 0.15) is 0 Å². The third-order valence-electron chi connectivity index (χ3n) is 4.14. The molecule has 0 N–H and O–H groups in total. The van der Waals surface area contributed by atoms with E-state index in [1.807, 2.05) is 12.1 Å². The monoisotopic (exact) mass is 262 g/mol. The zero-order chi connectivity index (χ0) is 14.5. The van der Waals surface area contributed by atoms with E-state index in [2.05, 4.69) is 75.5 Å². The van der Waals surface area contributed by atoms with Gasteiger partial charge in [-0.15, -0.1) is 0 Å². The van der Waals surface area contributed by atoms with Crippen molar-refractivity contribution in [2.24, 2.45) is 11.8 Å². The maximum absolute atomic E-state index is 4.28. The van der Waals surface area contributed by atoms with Crippen LogP contribution in [0.5, 0.6) is 0 Å². The van der Waals surface area contributed by atoms with Gasteiger partial charge in [-0.3, -0.25) is 0 Å². The van der Waals surface area contributed by atoms with E-state index < -0.39 is 0 Å². The van der Waals surface area contributed by atoms with Crippen molar-refractivity contribution >= 4 is 11.1 Å². The summed E-state index contributed by atoms with van der Waals surface area (Å²) < 4.78 is 0. The van der Waals surface area contributed by atoms with Gasteiger partial charge in [-0.1, -0.05) is 87.7 Å². The standard InChI is InChI=1S/C20H22/c1-15(17(3)19-11-7-5-8-12-19)16(2)18(4)20-13-9-6-10-14-20/h5-16H,3-4H2,1-2H3/t15-,16-/m0/s1. The molecule has 0 bridgehead atoms. The zero-order valence-corrected chi connectivity index (χ0v) is 12.3. The molecule has 2 atom stereocenters. The molecule has 0 heteroatoms. The van der Waals surface area contributed by atoms with Gasteiger partial charge in [-0.05, 0) is 34.1 Å². The lowest BCUT2D eigenvalue weighted by molar-refractivity contribution is 0.591. The maximum Gasteiger partial charge on any atom is -0.0124 e. The van der Waals surface area contributed by atoms with E-state index in [-0.39, 0.29) is 0 Å². The molecule has 0 heterocycles. The van der Waals surface area contributed by atoms with Crippen LogP contribution in [-0.2, 0) is 0 Å². The molecule has 0 amide bonds. The van der Waals surface area contributed by atoms with Crippen LogP contribution >= 0.6 is 0 Å². The fraction of sp³-hybridized carbons (Fsp3) is 0.200. The van der Waals surface area contributed by atoms with E-state index in [0.29, 0.717) is 11.8 Å². The van der Waals surface area contributed by atoms with Crippen LogP contribution in [0.2, 0.25) is 0 Å². The summed E-state index contributed by atoms with van der Waals surface area (Å²) >= 11 is 0. The van der Waals surface area contributed by atoms with Crippen LogP contribution in [0.1, 0.15) is 25.0 Å². The van der Waals surface area contributed by atoms with Gasteiger partial charge in [-0.25, -0.2) is 0 Å². The Morgan fingerprint density at radius 1 is 0.650 bits per heavy atom. The molecule has 20 heavy (non-hydrogen) atoms. The first-order valence-electron chi connectivity index (χ1n) is 7.09. The van der Waals surface area contributed by atoms with Crippen molar-refractivity contribution in [3.63, 3.8) is 0 Å². The molecule has 0 aliphatic rings. The Kier molecular flexibility index (Phi) is 4.57. The highest BCUT2D eigenvalue weighted by molar-refractivity contribution is 5.71. The molecule has 0 saturated heterocycles. The van der Waals surface area contributed by atoms with E-state index >= 15 is 0 Å². The minimum absolute atomic E-state index is 0.366. The van der Waals surface area contributed by atoms with Crippen LogP contribution in [0.25, 0.3) is 11.1 Å². The Morgan fingerprint density at radius 2 is 0.950 bits per heavy atom. The van der Waals surface area contributed by atoms with Gasteiger partial charge in [0.05, 0.1) is 0 Å². The van der Waals surface area contributed by atoms with Crippen molar-refractivity contribution in [3.05, 3.63) is 84.9 Å². The van der Waals surface area contributed by atoms with Crippen molar-refractivity contribution in [2.75, 3.05) is 0 Å². The summed E-state index contributed by atoms with van der Waals surface area (Å²) in [5, 5.41) is 0. The molecule has 0 nitrogen and oxygen atoms in total. The highest BCUT2D eigenvalue weighted by Gasteiger charge is 2.19. The second kappa shape index (κ2) is 6.38. The predicted octanol–water partition coefficient (Wildman–Crippen LogP) is 5.69. The molecule has 0 saturated carbocycles. The molecule has 2 aromatic rings. The third-order valence-corrected chi connectivity index (χ3v) is 4.14. The highest BCUT2D eigenvalue weighted by Crippen LogP contribution is 2.34. The number of benzene rings is 2. The lowest BCUT2D eigenvalue weighted by Gasteiger charge is -2.24. The molecule has 0 aromatic heterocycles. The number of rotatable bonds is 5. The van der Waals surface area contributed by atoms with Crippen molar-refractivity contribution < 1.29 is 0 Å². The summed E-state index contributed by atoms with van der Waals surface area (Å²) in [6.45, 7) is 13.0. The molecule has 0 unspecified atom stereocenters. The van der Waals surface area contributed by atoms with Gasteiger partial charge in [0.25, 0.3) is 0 Å². The first-order chi connectivity index (χ1) is 9.61. The fourth-order valence-corrected chi connectivity index (χ4v) is 2.43. The molecule has 0 spiro atoms. The van der Waals surface area contributed by atoms with Crippen LogP contribution in [0, 0.1) is 11.8 Å². The molecule has 0 fully saturated rings. The number of allylic oxidation sites excluding steroid dienone is 2. The van der Waals surface area contributed by atoms with Gasteiger partial charge in [0.2, 0.25) is 0 Å². The van der Waals surface area contributed by atoms with Crippen LogP contribution in [-0.4, -0.2) is 0 Å². The predicted molar refractivity (Wildman–Crippen MR) is 89.3 cm³/mol. The molecule has 102 valence electrons. The van der Waals surface area contributed by atoms with Crippen LogP contribution in [0.3, 0.4) is 0 Å². The maximum atomic E-state index is 4.28. The van der Waals surface area contributed by atoms with Crippen LogP contribution in [0.4, 0.5) is 0 Å².